The van der Waals surface area contributed by atoms with Crippen LogP contribution in [0, 0.1) is 20.8 Å². The Balaban J connectivity index is 1.65. The number of nitrogens with one attached hydrogen (secondary N) is 1. The maximum atomic E-state index is 5.89. The van der Waals surface area contributed by atoms with Crippen LogP contribution in [0.25, 0.3) is 0 Å². The highest BCUT2D eigenvalue weighted by molar-refractivity contribution is 7.80. The van der Waals surface area contributed by atoms with Crippen molar-refractivity contribution in [3.05, 3.63) is 82.9 Å². The number of hydrogen-bond donors (Lipinski definition) is 1. The minimum atomic E-state index is 0.00624. The summed E-state index contributed by atoms with van der Waals surface area (Å²) in [5.41, 5.74) is 7.44. The molecule has 4 nitrogen and oxygen atoms in total. The summed E-state index contributed by atoms with van der Waals surface area (Å²) < 4.78 is 2.58. The molecule has 2 fully saturated rings. The molecule has 1 aliphatic heterocycles. The van der Waals surface area contributed by atoms with E-state index >= 15 is 0 Å². The van der Waals surface area contributed by atoms with E-state index in [2.05, 4.69) is 78.0 Å². The first-order valence-corrected chi connectivity index (χ1v) is 11.7. The van der Waals surface area contributed by atoms with Crippen molar-refractivity contribution in [1.29, 1.82) is 0 Å². The molecule has 1 saturated carbocycles. The summed E-state index contributed by atoms with van der Waals surface area (Å²) in [7, 11) is 0. The number of benzene rings is 1. The number of aryl methyl sites for hydroxylation is 2. The highest BCUT2D eigenvalue weighted by Gasteiger charge is 2.42. The predicted octanol–water partition coefficient (Wildman–Crippen LogP) is 6.10. The lowest BCUT2D eigenvalue weighted by atomic mass is 9.96. The Hall–Kier alpha value is -2.66. The Labute approximate surface area is 190 Å². The fraction of sp³-hybridized carbons (Fsp3) is 0.385. The number of anilines is 1. The SMILES string of the molecule is Cc1cccc(N2C(=S)N[C@@H](c3ccccn3)[C@H]2c2cc(C)n(C3CCCC3)c2C)c1. The molecule has 3 aromatic rings. The standard InChI is InChI=1S/C26H30N4S/c1-17-9-8-12-21(15-17)30-25(24(28-26(30)31)23-13-6-7-14-27-23)22-16-18(2)29(19(22)3)20-10-4-5-11-20/h6-9,12-16,20,24-25H,4-5,10-11H2,1-3H3,(H,28,31)/t24-,25+/m0/s1. The molecule has 0 radical (unpaired) electrons. The van der Waals surface area contributed by atoms with Crippen molar-refractivity contribution in [3.63, 3.8) is 0 Å². The van der Waals surface area contributed by atoms with Gasteiger partial charge in [0.1, 0.15) is 0 Å². The van der Waals surface area contributed by atoms with Gasteiger partial charge >= 0.3 is 0 Å². The zero-order valence-corrected chi connectivity index (χ0v) is 19.3. The normalized spacial score (nSPS) is 21.6. The van der Waals surface area contributed by atoms with Gasteiger partial charge in [0.2, 0.25) is 0 Å². The molecule has 160 valence electrons. The maximum Gasteiger partial charge on any atom is 0.174 e. The number of hydrogen-bond acceptors (Lipinski definition) is 2. The summed E-state index contributed by atoms with van der Waals surface area (Å²) >= 11 is 5.89. The van der Waals surface area contributed by atoms with E-state index in [9.17, 15) is 0 Å². The highest BCUT2D eigenvalue weighted by atomic mass is 32.1. The van der Waals surface area contributed by atoms with E-state index in [-0.39, 0.29) is 12.1 Å². The largest absolute Gasteiger partial charge is 0.351 e. The molecule has 2 aliphatic rings. The van der Waals surface area contributed by atoms with Gasteiger partial charge in [-0.15, -0.1) is 0 Å². The summed E-state index contributed by atoms with van der Waals surface area (Å²) in [4.78, 5) is 6.99. The van der Waals surface area contributed by atoms with Crippen molar-refractivity contribution in [2.45, 2.75) is 64.6 Å². The monoisotopic (exact) mass is 430 g/mol. The minimum Gasteiger partial charge on any atom is -0.351 e. The summed E-state index contributed by atoms with van der Waals surface area (Å²) in [5, 5.41) is 4.36. The van der Waals surface area contributed by atoms with Gasteiger partial charge in [0.25, 0.3) is 0 Å². The Morgan fingerprint density at radius 3 is 2.52 bits per heavy atom. The van der Waals surface area contributed by atoms with Crippen LogP contribution in [0.15, 0.2) is 54.7 Å². The second-order valence-corrected chi connectivity index (χ2v) is 9.36. The Morgan fingerprint density at radius 1 is 1.00 bits per heavy atom. The molecule has 5 heteroatoms. The van der Waals surface area contributed by atoms with Crippen molar-refractivity contribution in [2.24, 2.45) is 0 Å². The lowest BCUT2D eigenvalue weighted by Gasteiger charge is -2.29. The van der Waals surface area contributed by atoms with Gasteiger partial charge in [0, 0.05) is 29.3 Å². The van der Waals surface area contributed by atoms with Gasteiger partial charge in [0.05, 0.1) is 17.8 Å². The fourth-order valence-electron chi connectivity index (χ4n) is 5.55. The fourth-order valence-corrected chi connectivity index (χ4v) is 5.90. The third-order valence-corrected chi connectivity index (χ3v) is 7.22. The van der Waals surface area contributed by atoms with E-state index in [1.165, 1.54) is 48.2 Å². The molecule has 0 spiro atoms. The molecule has 1 aromatic carbocycles. The first-order chi connectivity index (χ1) is 15.0. The number of nitrogens with zero attached hydrogens (tertiary/aromatic N) is 3. The molecule has 1 N–H and O–H groups in total. The van der Waals surface area contributed by atoms with Crippen molar-refractivity contribution in [3.8, 4) is 0 Å². The minimum absolute atomic E-state index is 0.00624. The van der Waals surface area contributed by atoms with Gasteiger partial charge in [-0.2, -0.15) is 0 Å². The Morgan fingerprint density at radius 2 is 1.81 bits per heavy atom. The lowest BCUT2D eigenvalue weighted by molar-refractivity contribution is 0.494. The molecular formula is C26H30N4S. The van der Waals surface area contributed by atoms with Crippen LogP contribution in [0.4, 0.5) is 5.69 Å². The summed E-state index contributed by atoms with van der Waals surface area (Å²) in [6.45, 7) is 6.67. The molecule has 0 bridgehead atoms. The smallest absolute Gasteiger partial charge is 0.174 e. The number of rotatable bonds is 4. The van der Waals surface area contributed by atoms with Crippen LogP contribution in [0.2, 0.25) is 0 Å². The zero-order chi connectivity index (χ0) is 21.5. The third kappa shape index (κ3) is 3.55. The van der Waals surface area contributed by atoms with Crippen LogP contribution in [0.1, 0.15) is 72.0 Å². The second kappa shape index (κ2) is 8.12. The van der Waals surface area contributed by atoms with E-state index in [0.717, 1.165) is 16.5 Å². The predicted molar refractivity (Wildman–Crippen MR) is 131 cm³/mol. The van der Waals surface area contributed by atoms with Gasteiger partial charge in [0.15, 0.2) is 5.11 Å². The third-order valence-electron chi connectivity index (χ3n) is 6.91. The van der Waals surface area contributed by atoms with Crippen LogP contribution >= 0.6 is 12.2 Å². The molecule has 31 heavy (non-hydrogen) atoms. The van der Waals surface area contributed by atoms with Gasteiger partial charge < -0.3 is 14.8 Å². The first kappa shape index (κ1) is 20.3. The van der Waals surface area contributed by atoms with Crippen molar-refractivity contribution >= 4 is 23.0 Å². The summed E-state index contributed by atoms with van der Waals surface area (Å²) in [5.74, 6) is 0. The van der Waals surface area contributed by atoms with Crippen LogP contribution < -0.4 is 10.2 Å². The van der Waals surface area contributed by atoms with Gasteiger partial charge in [-0.1, -0.05) is 31.0 Å². The van der Waals surface area contributed by atoms with Crippen molar-refractivity contribution in [1.82, 2.24) is 14.9 Å². The molecule has 2 aromatic heterocycles. The molecular weight excluding hydrogens is 400 g/mol. The molecule has 1 aliphatic carbocycles. The van der Waals surface area contributed by atoms with Crippen molar-refractivity contribution < 1.29 is 0 Å². The number of pyridine rings is 1. The number of thiocarbonyl (C=S) groups is 1. The van der Waals surface area contributed by atoms with E-state index in [4.69, 9.17) is 17.2 Å². The summed E-state index contributed by atoms with van der Waals surface area (Å²) in [6.07, 6.45) is 7.09. The molecule has 3 heterocycles. The van der Waals surface area contributed by atoms with Crippen LogP contribution in [0.5, 0.6) is 0 Å². The summed E-state index contributed by atoms with van der Waals surface area (Å²) in [6, 6.07) is 17.8. The van der Waals surface area contributed by atoms with Crippen LogP contribution in [-0.4, -0.2) is 14.7 Å². The highest BCUT2D eigenvalue weighted by Crippen LogP contribution is 2.44. The molecule has 2 atom stereocenters. The molecule has 0 unspecified atom stereocenters. The average molecular weight is 431 g/mol. The lowest BCUT2D eigenvalue weighted by Crippen LogP contribution is -2.29. The topological polar surface area (TPSA) is 33.1 Å². The second-order valence-electron chi connectivity index (χ2n) is 8.97. The van der Waals surface area contributed by atoms with E-state index in [0.29, 0.717) is 6.04 Å². The quantitative estimate of drug-likeness (QED) is 0.507. The van der Waals surface area contributed by atoms with E-state index in [1.807, 2.05) is 12.3 Å². The van der Waals surface area contributed by atoms with Crippen LogP contribution in [-0.2, 0) is 0 Å². The molecule has 0 amide bonds. The first-order valence-electron chi connectivity index (χ1n) is 11.3. The Bertz CT molecular complexity index is 1100. The average Bonchev–Trinajstić information content (AvgIpc) is 3.46. The number of aromatic nitrogens is 2. The van der Waals surface area contributed by atoms with Gasteiger partial charge in [-0.25, -0.2) is 0 Å². The maximum absolute atomic E-state index is 5.89. The van der Waals surface area contributed by atoms with E-state index < -0.39 is 0 Å². The van der Waals surface area contributed by atoms with Crippen molar-refractivity contribution in [2.75, 3.05) is 4.90 Å². The Kier molecular flexibility index (Phi) is 5.30. The van der Waals surface area contributed by atoms with Crippen LogP contribution in [0.3, 0.4) is 0 Å². The molecule has 1 saturated heterocycles. The zero-order valence-electron chi connectivity index (χ0n) is 18.5. The van der Waals surface area contributed by atoms with E-state index in [1.54, 1.807) is 0 Å². The van der Waals surface area contributed by atoms with Gasteiger partial charge in [-0.3, -0.25) is 4.98 Å². The molecule has 5 rings (SSSR count). The van der Waals surface area contributed by atoms with Gasteiger partial charge in [-0.05, 0) is 87.3 Å².